The maximum atomic E-state index is 5.99. The van der Waals surface area contributed by atoms with E-state index in [1.54, 1.807) is 0 Å². The molecule has 96 valence electrons. The fourth-order valence-electron chi connectivity index (χ4n) is 1.69. The fraction of sp³-hybridized carbons (Fsp3) is 0.600. The normalized spacial score (nSPS) is 13.8. The van der Waals surface area contributed by atoms with Gasteiger partial charge in [-0.3, -0.25) is 0 Å². The molecule has 0 amide bonds. The van der Waals surface area contributed by atoms with Crippen LogP contribution in [-0.2, 0) is 0 Å². The van der Waals surface area contributed by atoms with Crippen LogP contribution in [0.4, 0.5) is 0 Å². The lowest BCUT2D eigenvalue weighted by Gasteiger charge is -2.30. The van der Waals surface area contributed by atoms with Gasteiger partial charge in [-0.2, -0.15) is 0 Å². The zero-order valence-corrected chi connectivity index (χ0v) is 11.7. The Balaban J connectivity index is 2.83. The van der Waals surface area contributed by atoms with Crippen molar-refractivity contribution in [2.24, 2.45) is 11.1 Å². The van der Waals surface area contributed by atoms with E-state index in [0.717, 1.165) is 5.75 Å². The summed E-state index contributed by atoms with van der Waals surface area (Å²) in [6, 6.07) is 8.28. The van der Waals surface area contributed by atoms with E-state index in [9.17, 15) is 0 Å². The first-order valence-electron chi connectivity index (χ1n) is 6.31. The van der Waals surface area contributed by atoms with Gasteiger partial charge in [0, 0.05) is 12.0 Å². The van der Waals surface area contributed by atoms with Gasteiger partial charge in [0.25, 0.3) is 0 Å². The highest BCUT2D eigenvalue weighted by atomic mass is 16.5. The maximum absolute atomic E-state index is 5.99. The zero-order chi connectivity index (χ0) is 13.1. The van der Waals surface area contributed by atoms with E-state index >= 15 is 0 Å². The van der Waals surface area contributed by atoms with E-state index in [2.05, 4.69) is 46.8 Å². The first kappa shape index (κ1) is 14.0. The van der Waals surface area contributed by atoms with Crippen LogP contribution in [-0.4, -0.2) is 12.6 Å². The van der Waals surface area contributed by atoms with Gasteiger partial charge in [0.15, 0.2) is 0 Å². The molecule has 2 nitrogen and oxygen atoms in total. The van der Waals surface area contributed by atoms with Crippen LogP contribution in [0.5, 0.6) is 5.75 Å². The minimum absolute atomic E-state index is 0.0462. The van der Waals surface area contributed by atoms with Crippen molar-refractivity contribution >= 4 is 0 Å². The summed E-state index contributed by atoms with van der Waals surface area (Å²) >= 11 is 0. The van der Waals surface area contributed by atoms with Gasteiger partial charge in [0.1, 0.15) is 11.9 Å². The number of hydrogen-bond donors (Lipinski definition) is 1. The standard InChI is InChI=1S/C15H25NO/c1-11(2)12-7-6-8-13(9-12)17-14(10-16)15(3,4)5/h6-9,11,14H,10,16H2,1-5H3. The predicted octanol–water partition coefficient (Wildman–Crippen LogP) is 3.56. The van der Waals surface area contributed by atoms with E-state index in [-0.39, 0.29) is 11.5 Å². The molecule has 0 aliphatic carbocycles. The van der Waals surface area contributed by atoms with Crippen LogP contribution in [0.1, 0.15) is 46.1 Å². The van der Waals surface area contributed by atoms with Crippen molar-refractivity contribution in [1.82, 2.24) is 0 Å². The molecular formula is C15H25NO. The minimum atomic E-state index is 0.0462. The lowest BCUT2D eigenvalue weighted by atomic mass is 9.89. The Morgan fingerprint density at radius 2 is 1.88 bits per heavy atom. The molecule has 0 saturated heterocycles. The van der Waals surface area contributed by atoms with Crippen LogP contribution < -0.4 is 10.5 Å². The Bertz CT molecular complexity index is 352. The molecule has 0 aliphatic heterocycles. The van der Waals surface area contributed by atoms with Crippen LogP contribution in [0.15, 0.2) is 24.3 Å². The van der Waals surface area contributed by atoms with Crippen LogP contribution in [0.3, 0.4) is 0 Å². The molecule has 0 aromatic heterocycles. The van der Waals surface area contributed by atoms with Crippen molar-refractivity contribution in [2.75, 3.05) is 6.54 Å². The van der Waals surface area contributed by atoms with Gasteiger partial charge in [-0.15, -0.1) is 0 Å². The molecule has 0 fully saturated rings. The topological polar surface area (TPSA) is 35.2 Å². The molecule has 1 aromatic rings. The van der Waals surface area contributed by atoms with Gasteiger partial charge in [-0.05, 0) is 23.6 Å². The van der Waals surface area contributed by atoms with Crippen molar-refractivity contribution in [3.63, 3.8) is 0 Å². The van der Waals surface area contributed by atoms with Crippen LogP contribution in [0.2, 0.25) is 0 Å². The summed E-state index contributed by atoms with van der Waals surface area (Å²) in [5, 5.41) is 0. The molecule has 0 saturated carbocycles. The minimum Gasteiger partial charge on any atom is -0.489 e. The average Bonchev–Trinajstić information content (AvgIpc) is 2.24. The van der Waals surface area contributed by atoms with Gasteiger partial charge in [-0.25, -0.2) is 0 Å². The molecule has 2 heteroatoms. The van der Waals surface area contributed by atoms with Gasteiger partial charge >= 0.3 is 0 Å². The molecule has 0 bridgehead atoms. The summed E-state index contributed by atoms with van der Waals surface area (Å²) in [5.74, 6) is 1.44. The Labute approximate surface area is 105 Å². The molecule has 0 aliphatic rings. The van der Waals surface area contributed by atoms with Crippen molar-refractivity contribution in [1.29, 1.82) is 0 Å². The molecule has 0 radical (unpaired) electrons. The molecule has 1 aromatic carbocycles. The zero-order valence-electron chi connectivity index (χ0n) is 11.7. The summed E-state index contributed by atoms with van der Waals surface area (Å²) in [5.41, 5.74) is 7.14. The monoisotopic (exact) mass is 235 g/mol. The van der Waals surface area contributed by atoms with E-state index in [1.165, 1.54) is 5.56 Å². The van der Waals surface area contributed by atoms with E-state index in [4.69, 9.17) is 10.5 Å². The summed E-state index contributed by atoms with van der Waals surface area (Å²) in [6.07, 6.45) is 0.0462. The predicted molar refractivity (Wildman–Crippen MR) is 73.5 cm³/mol. The van der Waals surface area contributed by atoms with Crippen molar-refractivity contribution < 1.29 is 4.74 Å². The summed E-state index contributed by atoms with van der Waals surface area (Å²) in [7, 11) is 0. The average molecular weight is 235 g/mol. The summed E-state index contributed by atoms with van der Waals surface area (Å²) in [4.78, 5) is 0. The van der Waals surface area contributed by atoms with Crippen LogP contribution >= 0.6 is 0 Å². The molecule has 2 N–H and O–H groups in total. The summed E-state index contributed by atoms with van der Waals surface area (Å²) < 4.78 is 5.99. The smallest absolute Gasteiger partial charge is 0.120 e. The van der Waals surface area contributed by atoms with E-state index in [1.807, 2.05) is 12.1 Å². The highest BCUT2D eigenvalue weighted by Crippen LogP contribution is 2.26. The Morgan fingerprint density at radius 1 is 1.24 bits per heavy atom. The Hall–Kier alpha value is -1.02. The van der Waals surface area contributed by atoms with Gasteiger partial charge in [0.05, 0.1) is 0 Å². The van der Waals surface area contributed by atoms with Crippen molar-refractivity contribution in [3.05, 3.63) is 29.8 Å². The third kappa shape index (κ3) is 4.04. The number of hydrogen-bond acceptors (Lipinski definition) is 2. The first-order valence-corrected chi connectivity index (χ1v) is 6.31. The number of benzene rings is 1. The molecule has 1 atom stereocenters. The largest absolute Gasteiger partial charge is 0.489 e. The van der Waals surface area contributed by atoms with Crippen LogP contribution in [0.25, 0.3) is 0 Å². The number of rotatable bonds is 4. The highest BCUT2D eigenvalue weighted by molar-refractivity contribution is 5.30. The number of nitrogens with two attached hydrogens (primary N) is 1. The third-order valence-electron chi connectivity index (χ3n) is 2.98. The van der Waals surface area contributed by atoms with E-state index < -0.39 is 0 Å². The lowest BCUT2D eigenvalue weighted by Crippen LogP contribution is -2.38. The molecular weight excluding hydrogens is 210 g/mol. The third-order valence-corrected chi connectivity index (χ3v) is 2.98. The number of ether oxygens (including phenoxy) is 1. The second-order valence-corrected chi connectivity index (χ2v) is 5.94. The lowest BCUT2D eigenvalue weighted by molar-refractivity contribution is 0.0941. The van der Waals surface area contributed by atoms with Crippen molar-refractivity contribution in [3.8, 4) is 5.75 Å². The summed E-state index contributed by atoms with van der Waals surface area (Å²) in [6.45, 7) is 11.4. The maximum Gasteiger partial charge on any atom is 0.120 e. The second-order valence-electron chi connectivity index (χ2n) is 5.94. The Kier molecular flexibility index (Phi) is 4.58. The second kappa shape index (κ2) is 5.54. The molecule has 1 rings (SSSR count). The SMILES string of the molecule is CC(C)c1cccc(OC(CN)C(C)(C)C)c1. The van der Waals surface area contributed by atoms with E-state index in [0.29, 0.717) is 12.5 Å². The first-order chi connectivity index (χ1) is 7.84. The van der Waals surface area contributed by atoms with Gasteiger partial charge in [0.2, 0.25) is 0 Å². The fourth-order valence-corrected chi connectivity index (χ4v) is 1.69. The quantitative estimate of drug-likeness (QED) is 0.866. The molecule has 17 heavy (non-hydrogen) atoms. The van der Waals surface area contributed by atoms with Crippen molar-refractivity contribution in [2.45, 2.75) is 46.6 Å². The molecule has 1 unspecified atom stereocenters. The highest BCUT2D eigenvalue weighted by Gasteiger charge is 2.25. The molecule has 0 spiro atoms. The Morgan fingerprint density at radius 3 is 2.35 bits per heavy atom. The van der Waals surface area contributed by atoms with Crippen LogP contribution in [0, 0.1) is 5.41 Å². The van der Waals surface area contributed by atoms with Gasteiger partial charge in [-0.1, -0.05) is 46.8 Å². The van der Waals surface area contributed by atoms with Gasteiger partial charge < -0.3 is 10.5 Å². The molecule has 0 heterocycles.